The molecule has 0 aliphatic carbocycles. The summed E-state index contributed by atoms with van der Waals surface area (Å²) < 4.78 is 5.19. The Balaban J connectivity index is 2.58. The number of ether oxygens (including phenoxy) is 1. The first-order valence-electron chi connectivity index (χ1n) is 5.51. The van der Waals surface area contributed by atoms with Gasteiger partial charge in [0.2, 0.25) is 0 Å². The third-order valence-corrected chi connectivity index (χ3v) is 2.76. The lowest BCUT2D eigenvalue weighted by Gasteiger charge is -2.12. The molecule has 1 aromatic rings. The van der Waals surface area contributed by atoms with Crippen LogP contribution < -0.4 is 5.32 Å². The van der Waals surface area contributed by atoms with Crippen LogP contribution in [-0.2, 0) is 17.8 Å². The van der Waals surface area contributed by atoms with Crippen molar-refractivity contribution in [1.82, 2.24) is 5.32 Å². The molecule has 0 aliphatic heterocycles. The Morgan fingerprint density at radius 3 is 2.53 bits per heavy atom. The van der Waals surface area contributed by atoms with Gasteiger partial charge in [0, 0.05) is 13.2 Å². The molecule has 0 spiro atoms. The summed E-state index contributed by atoms with van der Waals surface area (Å²) in [5.74, 6) is 0. The van der Waals surface area contributed by atoms with E-state index in [-0.39, 0.29) is 0 Å². The number of hydrogen-bond donors (Lipinski definition) is 1. The Bertz CT molecular complexity index is 286. The number of aryl methyl sites for hydroxylation is 1. The Morgan fingerprint density at radius 2 is 1.93 bits per heavy atom. The predicted molar refractivity (Wildman–Crippen MR) is 64.0 cm³/mol. The van der Waals surface area contributed by atoms with Gasteiger partial charge in [-0.15, -0.1) is 0 Å². The molecule has 2 heteroatoms. The summed E-state index contributed by atoms with van der Waals surface area (Å²) in [5, 5.41) is 3.26. The van der Waals surface area contributed by atoms with Crippen molar-refractivity contribution in [1.29, 1.82) is 0 Å². The lowest BCUT2D eigenvalue weighted by Crippen LogP contribution is -2.21. The molecule has 0 fully saturated rings. The molecular formula is C13H21NO. The zero-order valence-electron chi connectivity index (χ0n) is 9.92. The molecule has 0 amide bonds. The summed E-state index contributed by atoms with van der Waals surface area (Å²) in [7, 11) is 3.75. The number of nitrogens with one attached hydrogen (secondary N) is 1. The van der Waals surface area contributed by atoms with Crippen LogP contribution >= 0.6 is 0 Å². The largest absolute Gasteiger partial charge is 0.380 e. The molecule has 0 saturated carbocycles. The zero-order valence-corrected chi connectivity index (χ0v) is 9.92. The fourth-order valence-corrected chi connectivity index (χ4v) is 1.61. The fourth-order valence-electron chi connectivity index (χ4n) is 1.61. The monoisotopic (exact) mass is 207 g/mol. The van der Waals surface area contributed by atoms with Crippen molar-refractivity contribution < 1.29 is 4.74 Å². The molecule has 1 aromatic carbocycles. The van der Waals surface area contributed by atoms with Crippen LogP contribution in [0.2, 0.25) is 0 Å². The minimum absolute atomic E-state index is 0.570. The van der Waals surface area contributed by atoms with Crippen LogP contribution in [0.3, 0.4) is 0 Å². The summed E-state index contributed by atoms with van der Waals surface area (Å²) in [6.45, 7) is 2.92. The van der Waals surface area contributed by atoms with Crippen molar-refractivity contribution in [2.45, 2.75) is 32.4 Å². The maximum Gasteiger partial charge on any atom is 0.0715 e. The third kappa shape index (κ3) is 4.02. The van der Waals surface area contributed by atoms with E-state index in [0.717, 1.165) is 12.8 Å². The number of rotatable bonds is 6. The van der Waals surface area contributed by atoms with Gasteiger partial charge in [-0.05, 0) is 37.9 Å². The van der Waals surface area contributed by atoms with Crippen LogP contribution in [0, 0.1) is 0 Å². The summed E-state index contributed by atoms with van der Waals surface area (Å²) in [6, 6.07) is 9.07. The van der Waals surface area contributed by atoms with Crippen molar-refractivity contribution in [3.8, 4) is 0 Å². The minimum atomic E-state index is 0.570. The average Bonchev–Trinajstić information content (AvgIpc) is 2.28. The van der Waals surface area contributed by atoms with Gasteiger partial charge in [0.25, 0.3) is 0 Å². The van der Waals surface area contributed by atoms with Crippen molar-refractivity contribution in [2.24, 2.45) is 0 Å². The number of hydrogen-bond acceptors (Lipinski definition) is 2. The van der Waals surface area contributed by atoms with Gasteiger partial charge in [0.1, 0.15) is 0 Å². The smallest absolute Gasteiger partial charge is 0.0715 e. The number of benzene rings is 1. The second-order valence-electron chi connectivity index (χ2n) is 3.93. The SMILES string of the molecule is CNC(C)CCc1ccccc1COC. The molecule has 0 aromatic heterocycles. The van der Waals surface area contributed by atoms with Gasteiger partial charge in [0.15, 0.2) is 0 Å². The zero-order chi connectivity index (χ0) is 11.1. The molecule has 84 valence electrons. The second kappa shape index (κ2) is 6.59. The van der Waals surface area contributed by atoms with E-state index < -0.39 is 0 Å². The lowest BCUT2D eigenvalue weighted by molar-refractivity contribution is 0.184. The molecule has 0 saturated heterocycles. The van der Waals surface area contributed by atoms with E-state index in [4.69, 9.17) is 4.74 Å². The van der Waals surface area contributed by atoms with Crippen LogP contribution in [0.4, 0.5) is 0 Å². The lowest BCUT2D eigenvalue weighted by atomic mass is 10.0. The highest BCUT2D eigenvalue weighted by Gasteiger charge is 2.03. The molecule has 1 atom stereocenters. The van der Waals surface area contributed by atoms with Crippen molar-refractivity contribution in [3.63, 3.8) is 0 Å². The van der Waals surface area contributed by atoms with Gasteiger partial charge in [-0.3, -0.25) is 0 Å². The van der Waals surface area contributed by atoms with Crippen molar-refractivity contribution >= 4 is 0 Å². The van der Waals surface area contributed by atoms with Crippen LogP contribution in [0.25, 0.3) is 0 Å². The van der Waals surface area contributed by atoms with Gasteiger partial charge in [0.05, 0.1) is 6.61 Å². The first-order chi connectivity index (χ1) is 7.27. The summed E-state index contributed by atoms with van der Waals surface area (Å²) in [4.78, 5) is 0. The summed E-state index contributed by atoms with van der Waals surface area (Å²) >= 11 is 0. The highest BCUT2D eigenvalue weighted by molar-refractivity contribution is 5.26. The van der Waals surface area contributed by atoms with Gasteiger partial charge in [-0.1, -0.05) is 24.3 Å². The molecule has 0 heterocycles. The molecule has 1 rings (SSSR count). The van der Waals surface area contributed by atoms with Crippen molar-refractivity contribution in [2.75, 3.05) is 14.2 Å². The Morgan fingerprint density at radius 1 is 1.27 bits per heavy atom. The van der Waals surface area contributed by atoms with E-state index in [1.54, 1.807) is 7.11 Å². The van der Waals surface area contributed by atoms with Gasteiger partial charge in [-0.25, -0.2) is 0 Å². The van der Waals surface area contributed by atoms with Gasteiger partial charge >= 0.3 is 0 Å². The van der Waals surface area contributed by atoms with Gasteiger partial charge < -0.3 is 10.1 Å². The normalized spacial score (nSPS) is 12.7. The van der Waals surface area contributed by atoms with E-state index in [2.05, 4.69) is 36.5 Å². The van der Waals surface area contributed by atoms with Crippen LogP contribution in [0.1, 0.15) is 24.5 Å². The van der Waals surface area contributed by atoms with E-state index in [1.165, 1.54) is 11.1 Å². The Kier molecular flexibility index (Phi) is 5.37. The summed E-state index contributed by atoms with van der Waals surface area (Å²) in [5.41, 5.74) is 2.71. The predicted octanol–water partition coefficient (Wildman–Crippen LogP) is 2.37. The average molecular weight is 207 g/mol. The maximum absolute atomic E-state index is 5.19. The molecular weight excluding hydrogens is 186 g/mol. The van der Waals surface area contributed by atoms with E-state index in [9.17, 15) is 0 Å². The topological polar surface area (TPSA) is 21.3 Å². The van der Waals surface area contributed by atoms with Crippen molar-refractivity contribution in [3.05, 3.63) is 35.4 Å². The molecule has 2 nitrogen and oxygen atoms in total. The molecule has 0 radical (unpaired) electrons. The van der Waals surface area contributed by atoms with Gasteiger partial charge in [-0.2, -0.15) is 0 Å². The van der Waals surface area contributed by atoms with Crippen LogP contribution in [0.5, 0.6) is 0 Å². The molecule has 1 N–H and O–H groups in total. The molecule has 15 heavy (non-hydrogen) atoms. The quantitative estimate of drug-likeness (QED) is 0.773. The fraction of sp³-hybridized carbons (Fsp3) is 0.538. The highest BCUT2D eigenvalue weighted by Crippen LogP contribution is 2.12. The van der Waals surface area contributed by atoms with E-state index in [0.29, 0.717) is 12.6 Å². The minimum Gasteiger partial charge on any atom is -0.380 e. The Labute approximate surface area is 92.6 Å². The second-order valence-corrected chi connectivity index (χ2v) is 3.93. The van der Waals surface area contributed by atoms with Crippen LogP contribution in [-0.4, -0.2) is 20.2 Å². The summed E-state index contributed by atoms with van der Waals surface area (Å²) in [6.07, 6.45) is 2.28. The standard InChI is InChI=1S/C13H21NO/c1-11(14-2)8-9-12-6-4-5-7-13(12)10-15-3/h4-7,11,14H,8-10H2,1-3H3. The van der Waals surface area contributed by atoms with E-state index in [1.807, 2.05) is 7.05 Å². The molecule has 0 aliphatic rings. The Hall–Kier alpha value is -0.860. The first-order valence-corrected chi connectivity index (χ1v) is 5.51. The third-order valence-electron chi connectivity index (χ3n) is 2.76. The molecule has 0 bridgehead atoms. The van der Waals surface area contributed by atoms with Crippen LogP contribution in [0.15, 0.2) is 24.3 Å². The highest BCUT2D eigenvalue weighted by atomic mass is 16.5. The molecule has 1 unspecified atom stereocenters. The maximum atomic E-state index is 5.19. The number of methoxy groups -OCH3 is 1. The first kappa shape index (κ1) is 12.2. The van der Waals surface area contributed by atoms with E-state index >= 15 is 0 Å².